The van der Waals surface area contributed by atoms with E-state index in [2.05, 4.69) is 0 Å². The second-order valence-corrected chi connectivity index (χ2v) is 4.94. The molecular formula is C15H22O2. The summed E-state index contributed by atoms with van der Waals surface area (Å²) >= 11 is 0. The Kier molecular flexibility index (Phi) is 4.43. The van der Waals surface area contributed by atoms with Gasteiger partial charge in [0.1, 0.15) is 5.75 Å². The van der Waals surface area contributed by atoms with Crippen LogP contribution in [0, 0.1) is 5.92 Å². The topological polar surface area (TPSA) is 29.5 Å². The predicted molar refractivity (Wildman–Crippen MR) is 69.1 cm³/mol. The lowest BCUT2D eigenvalue weighted by molar-refractivity contribution is 0.0961. The molecule has 0 aliphatic heterocycles. The number of para-hydroxylation sites is 1. The van der Waals surface area contributed by atoms with Crippen LogP contribution in [0.15, 0.2) is 24.3 Å². The fourth-order valence-corrected chi connectivity index (χ4v) is 2.79. The molecule has 1 atom stereocenters. The molecule has 1 saturated carbocycles. The molecular weight excluding hydrogens is 212 g/mol. The second-order valence-electron chi connectivity index (χ2n) is 4.94. The van der Waals surface area contributed by atoms with Crippen molar-refractivity contribution in [2.75, 3.05) is 7.11 Å². The van der Waals surface area contributed by atoms with Crippen molar-refractivity contribution in [3.63, 3.8) is 0 Å². The fourth-order valence-electron chi connectivity index (χ4n) is 2.79. The molecule has 1 aliphatic carbocycles. The van der Waals surface area contributed by atoms with Gasteiger partial charge in [0.15, 0.2) is 0 Å². The van der Waals surface area contributed by atoms with Crippen LogP contribution < -0.4 is 4.74 Å². The number of hydrogen-bond acceptors (Lipinski definition) is 2. The lowest BCUT2D eigenvalue weighted by Crippen LogP contribution is -2.12. The Morgan fingerprint density at radius 3 is 2.41 bits per heavy atom. The maximum Gasteiger partial charge on any atom is 0.124 e. The van der Waals surface area contributed by atoms with Crippen LogP contribution in [0.1, 0.15) is 50.2 Å². The van der Waals surface area contributed by atoms with Gasteiger partial charge in [-0.2, -0.15) is 0 Å². The first-order valence-corrected chi connectivity index (χ1v) is 6.64. The normalized spacial score (nSPS) is 19.6. The highest BCUT2D eigenvalue weighted by molar-refractivity contribution is 5.35. The molecule has 2 nitrogen and oxygen atoms in total. The molecule has 1 fully saturated rings. The number of aliphatic hydroxyl groups is 1. The molecule has 0 bridgehead atoms. The zero-order valence-electron chi connectivity index (χ0n) is 10.6. The minimum absolute atomic E-state index is 0.371. The number of rotatable bonds is 3. The molecule has 1 N–H and O–H groups in total. The zero-order valence-corrected chi connectivity index (χ0v) is 10.6. The number of methoxy groups -OCH3 is 1. The van der Waals surface area contributed by atoms with Crippen LogP contribution in [0.3, 0.4) is 0 Å². The summed E-state index contributed by atoms with van der Waals surface area (Å²) < 4.78 is 5.33. The van der Waals surface area contributed by atoms with E-state index in [0.29, 0.717) is 5.92 Å². The van der Waals surface area contributed by atoms with Gasteiger partial charge in [0.2, 0.25) is 0 Å². The first-order chi connectivity index (χ1) is 8.33. The third kappa shape index (κ3) is 3.01. The van der Waals surface area contributed by atoms with Crippen molar-refractivity contribution in [1.82, 2.24) is 0 Å². The van der Waals surface area contributed by atoms with E-state index in [1.165, 1.54) is 25.7 Å². The highest BCUT2D eigenvalue weighted by atomic mass is 16.5. The Bertz CT molecular complexity index is 341. The van der Waals surface area contributed by atoms with Crippen LogP contribution >= 0.6 is 0 Å². The average molecular weight is 234 g/mol. The summed E-state index contributed by atoms with van der Waals surface area (Å²) in [6.07, 6.45) is 7.03. The Morgan fingerprint density at radius 2 is 1.76 bits per heavy atom. The van der Waals surface area contributed by atoms with E-state index >= 15 is 0 Å². The summed E-state index contributed by atoms with van der Waals surface area (Å²) in [5.41, 5.74) is 0.946. The van der Waals surface area contributed by atoms with Crippen LogP contribution in [0.25, 0.3) is 0 Å². The first kappa shape index (κ1) is 12.4. The number of aliphatic hydroxyl groups excluding tert-OH is 1. The van der Waals surface area contributed by atoms with Gasteiger partial charge in [-0.15, -0.1) is 0 Å². The van der Waals surface area contributed by atoms with E-state index < -0.39 is 0 Å². The maximum atomic E-state index is 10.5. The van der Waals surface area contributed by atoms with E-state index in [-0.39, 0.29) is 6.10 Å². The largest absolute Gasteiger partial charge is 0.496 e. The zero-order chi connectivity index (χ0) is 12.1. The van der Waals surface area contributed by atoms with Crippen molar-refractivity contribution < 1.29 is 9.84 Å². The highest BCUT2D eigenvalue weighted by Gasteiger charge is 2.24. The molecule has 1 unspecified atom stereocenters. The molecule has 0 amide bonds. The van der Waals surface area contributed by atoms with Crippen LogP contribution in [0.2, 0.25) is 0 Å². The molecule has 0 saturated heterocycles. The fraction of sp³-hybridized carbons (Fsp3) is 0.600. The summed E-state index contributed by atoms with van der Waals surface area (Å²) in [5, 5.41) is 10.5. The van der Waals surface area contributed by atoms with Gasteiger partial charge >= 0.3 is 0 Å². The number of hydrogen-bond donors (Lipinski definition) is 1. The molecule has 1 aliphatic rings. The Morgan fingerprint density at radius 1 is 1.12 bits per heavy atom. The van der Waals surface area contributed by atoms with Gasteiger partial charge in [0.05, 0.1) is 13.2 Å². The number of benzene rings is 1. The van der Waals surface area contributed by atoms with E-state index in [1.807, 2.05) is 24.3 Å². The van der Waals surface area contributed by atoms with Gasteiger partial charge in [0, 0.05) is 5.56 Å². The quantitative estimate of drug-likeness (QED) is 0.808. The molecule has 0 spiro atoms. The van der Waals surface area contributed by atoms with E-state index in [9.17, 15) is 5.11 Å². The molecule has 1 aromatic rings. The molecule has 94 valence electrons. The van der Waals surface area contributed by atoms with Crippen molar-refractivity contribution in [3.8, 4) is 5.75 Å². The van der Waals surface area contributed by atoms with Crippen LogP contribution in [-0.2, 0) is 0 Å². The molecule has 2 rings (SSSR count). The van der Waals surface area contributed by atoms with Gasteiger partial charge < -0.3 is 9.84 Å². The summed E-state index contributed by atoms with van der Waals surface area (Å²) in [5.74, 6) is 1.21. The van der Waals surface area contributed by atoms with Crippen LogP contribution in [-0.4, -0.2) is 12.2 Å². The van der Waals surface area contributed by atoms with Gasteiger partial charge in [-0.3, -0.25) is 0 Å². The Balaban J connectivity index is 2.14. The van der Waals surface area contributed by atoms with Crippen molar-refractivity contribution >= 4 is 0 Å². The van der Waals surface area contributed by atoms with E-state index in [0.717, 1.165) is 24.2 Å². The first-order valence-electron chi connectivity index (χ1n) is 6.64. The minimum Gasteiger partial charge on any atom is -0.496 e. The smallest absolute Gasteiger partial charge is 0.124 e. The van der Waals surface area contributed by atoms with Gasteiger partial charge in [-0.1, -0.05) is 43.9 Å². The summed E-state index contributed by atoms with van der Waals surface area (Å²) in [6, 6.07) is 7.82. The molecule has 1 aromatic carbocycles. The van der Waals surface area contributed by atoms with E-state index in [1.54, 1.807) is 7.11 Å². The second kappa shape index (κ2) is 6.06. The predicted octanol–water partition coefficient (Wildman–Crippen LogP) is 3.70. The van der Waals surface area contributed by atoms with Crippen molar-refractivity contribution in [2.45, 2.75) is 44.6 Å². The molecule has 2 heteroatoms. The van der Waals surface area contributed by atoms with Crippen molar-refractivity contribution in [3.05, 3.63) is 29.8 Å². The maximum absolute atomic E-state index is 10.5. The Labute approximate surface area is 104 Å². The Hall–Kier alpha value is -1.02. The van der Waals surface area contributed by atoms with Crippen LogP contribution in [0.5, 0.6) is 5.75 Å². The monoisotopic (exact) mass is 234 g/mol. The third-order valence-electron chi connectivity index (χ3n) is 3.80. The molecule has 0 aromatic heterocycles. The molecule has 0 heterocycles. The third-order valence-corrected chi connectivity index (χ3v) is 3.80. The van der Waals surface area contributed by atoms with Gasteiger partial charge in [0.25, 0.3) is 0 Å². The molecule has 17 heavy (non-hydrogen) atoms. The summed E-state index contributed by atoms with van der Waals surface area (Å²) in [6.45, 7) is 0. The average Bonchev–Trinajstić information content (AvgIpc) is 2.66. The number of ether oxygens (including phenoxy) is 1. The van der Waals surface area contributed by atoms with Gasteiger partial charge in [-0.25, -0.2) is 0 Å². The van der Waals surface area contributed by atoms with Crippen LogP contribution in [0.4, 0.5) is 0 Å². The standard InChI is InChI=1S/C15H22O2/c1-17-14-11-7-6-10-13(14)15(16)12-8-4-2-3-5-9-12/h6-7,10-12,15-16H,2-5,8-9H2,1H3. The summed E-state index contributed by atoms with van der Waals surface area (Å²) in [7, 11) is 1.67. The summed E-state index contributed by atoms with van der Waals surface area (Å²) in [4.78, 5) is 0. The lowest BCUT2D eigenvalue weighted by Gasteiger charge is -2.23. The van der Waals surface area contributed by atoms with Gasteiger partial charge in [-0.05, 0) is 24.8 Å². The highest BCUT2D eigenvalue weighted by Crippen LogP contribution is 2.36. The SMILES string of the molecule is COc1ccccc1C(O)C1CCCCCC1. The van der Waals surface area contributed by atoms with E-state index in [4.69, 9.17) is 4.74 Å². The van der Waals surface area contributed by atoms with Crippen molar-refractivity contribution in [1.29, 1.82) is 0 Å². The van der Waals surface area contributed by atoms with Crippen molar-refractivity contribution in [2.24, 2.45) is 5.92 Å². The minimum atomic E-state index is -0.371. The lowest BCUT2D eigenvalue weighted by atomic mass is 9.89. The molecule has 0 radical (unpaired) electrons.